The summed E-state index contributed by atoms with van der Waals surface area (Å²) in [5, 5.41) is 11.2. The zero-order valence-electron chi connectivity index (χ0n) is 17.5. The first-order chi connectivity index (χ1) is 15.4. The quantitative estimate of drug-likeness (QED) is 0.581. The Balaban J connectivity index is 1.38. The predicted molar refractivity (Wildman–Crippen MR) is 120 cm³/mol. The topological polar surface area (TPSA) is 130 Å². The lowest BCUT2D eigenvalue weighted by Crippen LogP contribution is -2.41. The molecule has 2 N–H and O–H groups in total. The molecule has 1 atom stereocenters. The minimum absolute atomic E-state index is 0.00926. The monoisotopic (exact) mass is 453 g/mol. The summed E-state index contributed by atoms with van der Waals surface area (Å²) < 4.78 is 27.3. The van der Waals surface area contributed by atoms with E-state index in [1.807, 2.05) is 19.1 Å². The number of sulfonamides is 1. The average molecular weight is 454 g/mol. The van der Waals surface area contributed by atoms with Gasteiger partial charge in [0, 0.05) is 31.2 Å². The van der Waals surface area contributed by atoms with Crippen molar-refractivity contribution in [2.24, 2.45) is 5.92 Å². The number of carbonyl (C=O) groups excluding carboxylic acids is 1. The SMILES string of the molecule is Cc1ccc(N2CCCC(C(=O)Nc3ccc(S(=O)(=O)Nc4ncccn4)cc3)C2)nn1. The fourth-order valence-electron chi connectivity index (χ4n) is 3.45. The zero-order chi connectivity index (χ0) is 22.6. The largest absolute Gasteiger partial charge is 0.354 e. The molecule has 0 bridgehead atoms. The van der Waals surface area contributed by atoms with Gasteiger partial charge in [0.05, 0.1) is 16.5 Å². The van der Waals surface area contributed by atoms with Gasteiger partial charge in [-0.3, -0.25) is 4.79 Å². The Hall–Kier alpha value is -3.60. The van der Waals surface area contributed by atoms with Crippen molar-refractivity contribution in [2.75, 3.05) is 28.0 Å². The number of hydrogen-bond donors (Lipinski definition) is 2. The van der Waals surface area contributed by atoms with Crippen LogP contribution in [0, 0.1) is 12.8 Å². The van der Waals surface area contributed by atoms with Crippen LogP contribution in [0.4, 0.5) is 17.5 Å². The van der Waals surface area contributed by atoms with Gasteiger partial charge in [-0.15, -0.1) is 5.10 Å². The van der Waals surface area contributed by atoms with Crippen LogP contribution in [0.1, 0.15) is 18.5 Å². The molecule has 166 valence electrons. The third-order valence-corrected chi connectivity index (χ3v) is 6.47. The van der Waals surface area contributed by atoms with E-state index in [9.17, 15) is 13.2 Å². The number of hydrogen-bond acceptors (Lipinski definition) is 8. The summed E-state index contributed by atoms with van der Waals surface area (Å²) in [6.45, 7) is 3.26. The van der Waals surface area contributed by atoms with Crippen molar-refractivity contribution in [3.05, 3.63) is 60.6 Å². The molecule has 2 aromatic heterocycles. The fourth-order valence-corrected chi connectivity index (χ4v) is 4.41. The minimum Gasteiger partial charge on any atom is -0.354 e. The summed E-state index contributed by atoms with van der Waals surface area (Å²) >= 11 is 0. The van der Waals surface area contributed by atoms with E-state index in [0.29, 0.717) is 12.2 Å². The van der Waals surface area contributed by atoms with Gasteiger partial charge in [0.15, 0.2) is 5.82 Å². The number of piperidine rings is 1. The molecule has 3 aromatic rings. The molecule has 1 amide bonds. The third-order valence-electron chi connectivity index (χ3n) is 5.12. The van der Waals surface area contributed by atoms with E-state index in [-0.39, 0.29) is 22.7 Å². The maximum absolute atomic E-state index is 12.8. The minimum atomic E-state index is -3.83. The normalized spacial score (nSPS) is 16.4. The van der Waals surface area contributed by atoms with Gasteiger partial charge in [0.25, 0.3) is 10.0 Å². The number of nitrogens with one attached hydrogen (secondary N) is 2. The van der Waals surface area contributed by atoms with E-state index in [1.165, 1.54) is 24.5 Å². The molecule has 1 unspecified atom stereocenters. The molecular weight excluding hydrogens is 430 g/mol. The van der Waals surface area contributed by atoms with Gasteiger partial charge in [-0.05, 0) is 62.2 Å². The highest BCUT2D eigenvalue weighted by Gasteiger charge is 2.27. The van der Waals surface area contributed by atoms with E-state index >= 15 is 0 Å². The molecule has 1 fully saturated rings. The summed E-state index contributed by atoms with van der Waals surface area (Å²) in [4.78, 5) is 22.6. The molecule has 3 heterocycles. The Kier molecular flexibility index (Phi) is 6.26. The van der Waals surface area contributed by atoms with E-state index in [2.05, 4.69) is 35.1 Å². The third kappa shape index (κ3) is 5.17. The van der Waals surface area contributed by atoms with Crippen molar-refractivity contribution in [1.29, 1.82) is 0 Å². The van der Waals surface area contributed by atoms with Gasteiger partial charge in [-0.1, -0.05) is 0 Å². The van der Waals surface area contributed by atoms with Crippen LogP contribution in [0.25, 0.3) is 0 Å². The summed E-state index contributed by atoms with van der Waals surface area (Å²) in [6.07, 6.45) is 4.54. The lowest BCUT2D eigenvalue weighted by atomic mass is 9.97. The van der Waals surface area contributed by atoms with E-state index in [4.69, 9.17) is 0 Å². The van der Waals surface area contributed by atoms with Crippen LogP contribution in [0.2, 0.25) is 0 Å². The lowest BCUT2D eigenvalue weighted by Gasteiger charge is -2.32. The number of aromatic nitrogens is 4. The Labute approximate surface area is 186 Å². The zero-order valence-corrected chi connectivity index (χ0v) is 18.3. The number of aryl methyl sites for hydroxylation is 1. The Morgan fingerprint density at radius 2 is 1.81 bits per heavy atom. The summed E-state index contributed by atoms with van der Waals surface area (Å²) in [5.74, 6) is 0.441. The van der Waals surface area contributed by atoms with Crippen molar-refractivity contribution in [1.82, 2.24) is 20.2 Å². The lowest BCUT2D eigenvalue weighted by molar-refractivity contribution is -0.120. The van der Waals surface area contributed by atoms with E-state index in [1.54, 1.807) is 18.2 Å². The van der Waals surface area contributed by atoms with Gasteiger partial charge in [-0.2, -0.15) is 5.10 Å². The molecule has 1 saturated heterocycles. The van der Waals surface area contributed by atoms with Crippen LogP contribution in [-0.2, 0) is 14.8 Å². The molecule has 10 nitrogen and oxygen atoms in total. The molecule has 0 radical (unpaired) electrons. The van der Waals surface area contributed by atoms with Gasteiger partial charge in [0.2, 0.25) is 11.9 Å². The van der Waals surface area contributed by atoms with Crippen molar-refractivity contribution in [2.45, 2.75) is 24.7 Å². The molecule has 11 heteroatoms. The van der Waals surface area contributed by atoms with Gasteiger partial charge in [0.1, 0.15) is 0 Å². The van der Waals surface area contributed by atoms with Crippen molar-refractivity contribution in [3.63, 3.8) is 0 Å². The second kappa shape index (κ2) is 9.27. The molecule has 0 spiro atoms. The molecule has 1 aromatic carbocycles. The van der Waals surface area contributed by atoms with Crippen LogP contribution in [0.3, 0.4) is 0 Å². The predicted octanol–water partition coefficient (Wildman–Crippen LogP) is 2.23. The van der Waals surface area contributed by atoms with Gasteiger partial charge < -0.3 is 10.2 Å². The molecule has 4 rings (SSSR count). The standard InChI is InChI=1S/C21H23N7O3S/c1-15-5-10-19(26-25-15)28-13-2-4-16(14-28)20(29)24-17-6-8-18(9-7-17)32(30,31)27-21-22-11-3-12-23-21/h3,5-12,16H,2,4,13-14H2,1H3,(H,24,29)(H,22,23,27). The van der Waals surface area contributed by atoms with Gasteiger partial charge in [-0.25, -0.2) is 23.1 Å². The molecule has 1 aliphatic heterocycles. The number of anilines is 3. The van der Waals surface area contributed by atoms with E-state index in [0.717, 1.165) is 30.9 Å². The number of nitrogens with zero attached hydrogens (tertiary/aromatic N) is 5. The first-order valence-corrected chi connectivity index (χ1v) is 11.6. The number of amides is 1. The second-order valence-electron chi connectivity index (χ2n) is 7.51. The fraction of sp³-hybridized carbons (Fsp3) is 0.286. The van der Waals surface area contributed by atoms with Crippen LogP contribution < -0.4 is 14.9 Å². The Morgan fingerprint density at radius 1 is 1.06 bits per heavy atom. The maximum atomic E-state index is 12.8. The maximum Gasteiger partial charge on any atom is 0.264 e. The Morgan fingerprint density at radius 3 is 2.50 bits per heavy atom. The molecule has 0 saturated carbocycles. The van der Waals surface area contributed by atoms with Crippen LogP contribution in [0.5, 0.6) is 0 Å². The average Bonchev–Trinajstić information content (AvgIpc) is 2.80. The summed E-state index contributed by atoms with van der Waals surface area (Å²) in [7, 11) is -3.83. The first-order valence-electron chi connectivity index (χ1n) is 10.2. The molecular formula is C21H23N7O3S. The molecule has 1 aliphatic rings. The van der Waals surface area contributed by atoms with Crippen LogP contribution >= 0.6 is 0 Å². The summed E-state index contributed by atoms with van der Waals surface area (Å²) in [6, 6.07) is 11.4. The Bertz CT molecular complexity index is 1170. The number of rotatable bonds is 6. The first kappa shape index (κ1) is 21.6. The summed E-state index contributed by atoms with van der Waals surface area (Å²) in [5.41, 5.74) is 1.37. The number of carbonyl (C=O) groups is 1. The molecule has 0 aliphatic carbocycles. The highest BCUT2D eigenvalue weighted by atomic mass is 32.2. The molecule has 32 heavy (non-hydrogen) atoms. The number of benzene rings is 1. The highest BCUT2D eigenvalue weighted by molar-refractivity contribution is 7.92. The van der Waals surface area contributed by atoms with Crippen molar-refractivity contribution in [3.8, 4) is 0 Å². The second-order valence-corrected chi connectivity index (χ2v) is 9.19. The van der Waals surface area contributed by atoms with E-state index < -0.39 is 10.0 Å². The van der Waals surface area contributed by atoms with Crippen molar-refractivity contribution < 1.29 is 13.2 Å². The van der Waals surface area contributed by atoms with Crippen LogP contribution in [-0.4, -0.2) is 47.6 Å². The smallest absolute Gasteiger partial charge is 0.264 e. The highest BCUT2D eigenvalue weighted by Crippen LogP contribution is 2.23. The van der Waals surface area contributed by atoms with Crippen molar-refractivity contribution >= 4 is 33.4 Å². The van der Waals surface area contributed by atoms with Crippen LogP contribution in [0.15, 0.2) is 59.8 Å². The van der Waals surface area contributed by atoms with Gasteiger partial charge >= 0.3 is 0 Å².